The Morgan fingerprint density at radius 1 is 0.472 bits per heavy atom. The summed E-state index contributed by atoms with van der Waals surface area (Å²) in [6, 6.07) is 50.9. The first-order valence-electron chi connectivity index (χ1n) is 18.5. The van der Waals surface area contributed by atoms with Gasteiger partial charge < -0.3 is 33.2 Å². The van der Waals surface area contributed by atoms with E-state index in [-0.39, 0.29) is 12.7 Å². The van der Waals surface area contributed by atoms with Gasteiger partial charge in [-0.2, -0.15) is 0 Å². The Morgan fingerprint density at radius 2 is 0.906 bits per heavy atom. The van der Waals surface area contributed by atoms with E-state index in [2.05, 4.69) is 60.7 Å². The van der Waals surface area contributed by atoms with Crippen LogP contribution in [-0.2, 0) is 66.2 Å². The summed E-state index contributed by atoms with van der Waals surface area (Å²) in [5.41, 5.74) is 5.40. The van der Waals surface area contributed by atoms with Gasteiger partial charge in [0.25, 0.3) is 0 Å². The SMILES string of the molecule is C1=C([C@H]2OCC[C@@H](OCc3ccccc3)[C@@H]2OCc2ccccc2)O[C@H](COCc2ccccc2)[C@@H](OCc2ccccc2)[C@@H]1OCc1ccccc1. The fraction of sp³-hybridized carbons (Fsp3) is 0.304. The molecule has 0 aliphatic carbocycles. The van der Waals surface area contributed by atoms with E-state index < -0.39 is 30.5 Å². The molecule has 2 aliphatic heterocycles. The molecule has 0 aromatic heterocycles. The average Bonchev–Trinajstić information content (AvgIpc) is 3.23. The standard InChI is InChI=1S/C46H48O7/c1-6-16-35(17-7-1)29-47-34-43-44(51-32-38-22-12-4-13-23-38)41(50-31-37-20-10-3-11-21-37)28-42(53-43)46-45(52-33-39-24-14-5-15-25-39)40(26-27-48-46)49-30-36-18-8-2-9-19-36/h1-25,28,40-41,43-46H,26-27,29-34H2/t40-,41-,43-,44+,45+,46-/m1/s1. The maximum absolute atomic E-state index is 6.91. The Kier molecular flexibility index (Phi) is 13.5. The Labute approximate surface area is 313 Å². The first kappa shape index (κ1) is 36.7. The summed E-state index contributed by atoms with van der Waals surface area (Å²) in [5, 5.41) is 0. The second kappa shape index (κ2) is 19.5. The van der Waals surface area contributed by atoms with Crippen molar-refractivity contribution in [1.82, 2.24) is 0 Å². The molecule has 2 heterocycles. The number of hydrogen-bond donors (Lipinski definition) is 0. The third-order valence-electron chi connectivity index (χ3n) is 9.51. The summed E-state index contributed by atoms with van der Waals surface area (Å²) in [4.78, 5) is 0. The largest absolute Gasteiger partial charge is 0.487 e. The Hall–Kier alpha value is -4.60. The lowest BCUT2D eigenvalue weighted by Gasteiger charge is -2.43. The molecule has 1 saturated heterocycles. The molecule has 274 valence electrons. The van der Waals surface area contributed by atoms with Gasteiger partial charge in [0.2, 0.25) is 0 Å². The summed E-state index contributed by atoms with van der Waals surface area (Å²) in [5.74, 6) is 0.641. The Morgan fingerprint density at radius 3 is 1.42 bits per heavy atom. The van der Waals surface area contributed by atoms with Gasteiger partial charge in [0.1, 0.15) is 30.2 Å². The van der Waals surface area contributed by atoms with Crippen molar-refractivity contribution < 1.29 is 33.2 Å². The highest BCUT2D eigenvalue weighted by Crippen LogP contribution is 2.34. The number of ether oxygens (including phenoxy) is 7. The van der Waals surface area contributed by atoms with Gasteiger partial charge in [0.05, 0.1) is 52.4 Å². The summed E-state index contributed by atoms with van der Waals surface area (Å²) >= 11 is 0. The van der Waals surface area contributed by atoms with Crippen molar-refractivity contribution in [3.05, 3.63) is 191 Å². The number of benzene rings is 5. The van der Waals surface area contributed by atoms with E-state index in [1.54, 1.807) is 0 Å². The predicted molar refractivity (Wildman–Crippen MR) is 203 cm³/mol. The first-order chi connectivity index (χ1) is 26.3. The minimum Gasteiger partial charge on any atom is -0.487 e. The minimum atomic E-state index is -0.539. The highest BCUT2D eigenvalue weighted by atomic mass is 16.6. The zero-order chi connectivity index (χ0) is 35.9. The molecule has 0 saturated carbocycles. The monoisotopic (exact) mass is 712 g/mol. The van der Waals surface area contributed by atoms with Gasteiger partial charge in [-0.25, -0.2) is 0 Å². The molecule has 1 fully saturated rings. The van der Waals surface area contributed by atoms with Crippen LogP contribution in [0.5, 0.6) is 0 Å². The third-order valence-corrected chi connectivity index (χ3v) is 9.51. The molecule has 0 amide bonds. The van der Waals surface area contributed by atoms with Crippen LogP contribution >= 0.6 is 0 Å². The lowest BCUT2D eigenvalue weighted by atomic mass is 9.95. The zero-order valence-corrected chi connectivity index (χ0v) is 30.0. The summed E-state index contributed by atoms with van der Waals surface area (Å²) in [6.45, 7) is 2.90. The van der Waals surface area contributed by atoms with Crippen LogP contribution in [0.3, 0.4) is 0 Å². The van der Waals surface area contributed by atoms with E-state index in [0.29, 0.717) is 51.8 Å². The number of hydrogen-bond acceptors (Lipinski definition) is 7. The van der Waals surface area contributed by atoms with E-state index in [1.165, 1.54) is 0 Å². The average molecular weight is 713 g/mol. The minimum absolute atomic E-state index is 0.231. The molecule has 7 heteroatoms. The fourth-order valence-corrected chi connectivity index (χ4v) is 6.71. The third kappa shape index (κ3) is 10.7. The smallest absolute Gasteiger partial charge is 0.150 e. The molecule has 0 N–H and O–H groups in total. The fourth-order valence-electron chi connectivity index (χ4n) is 6.71. The Bertz CT molecular complexity index is 1790. The summed E-state index contributed by atoms with van der Waals surface area (Å²) < 4.78 is 46.6. The van der Waals surface area contributed by atoms with E-state index >= 15 is 0 Å². The maximum atomic E-state index is 6.91. The molecule has 0 radical (unpaired) electrons. The quantitative estimate of drug-likeness (QED) is 0.0957. The van der Waals surface area contributed by atoms with E-state index in [4.69, 9.17) is 33.2 Å². The van der Waals surface area contributed by atoms with Crippen LogP contribution in [0.25, 0.3) is 0 Å². The van der Waals surface area contributed by atoms with Gasteiger partial charge in [-0.1, -0.05) is 152 Å². The lowest BCUT2D eigenvalue weighted by Crippen LogP contribution is -2.53. The molecular formula is C46H48O7. The van der Waals surface area contributed by atoms with Crippen LogP contribution < -0.4 is 0 Å². The van der Waals surface area contributed by atoms with Crippen LogP contribution in [0.1, 0.15) is 34.2 Å². The predicted octanol–water partition coefficient (Wildman–Crippen LogP) is 8.62. The van der Waals surface area contributed by atoms with Crippen molar-refractivity contribution >= 4 is 0 Å². The molecule has 5 aromatic rings. The van der Waals surface area contributed by atoms with Crippen LogP contribution in [0.15, 0.2) is 163 Å². The van der Waals surface area contributed by atoms with E-state index in [0.717, 1.165) is 27.8 Å². The second-order valence-electron chi connectivity index (χ2n) is 13.4. The zero-order valence-electron chi connectivity index (χ0n) is 30.0. The maximum Gasteiger partial charge on any atom is 0.150 e. The molecule has 5 aromatic carbocycles. The molecule has 53 heavy (non-hydrogen) atoms. The molecule has 7 nitrogen and oxygen atoms in total. The van der Waals surface area contributed by atoms with Gasteiger partial charge in [-0.3, -0.25) is 0 Å². The van der Waals surface area contributed by atoms with E-state index in [1.807, 2.05) is 97.1 Å². The molecule has 6 atom stereocenters. The molecule has 7 rings (SSSR count). The van der Waals surface area contributed by atoms with E-state index in [9.17, 15) is 0 Å². The summed E-state index contributed by atoms with van der Waals surface area (Å²) in [7, 11) is 0. The van der Waals surface area contributed by atoms with Crippen LogP contribution in [0.2, 0.25) is 0 Å². The lowest BCUT2D eigenvalue weighted by molar-refractivity contribution is -0.202. The van der Waals surface area contributed by atoms with Crippen molar-refractivity contribution in [2.75, 3.05) is 13.2 Å². The van der Waals surface area contributed by atoms with Gasteiger partial charge in [0, 0.05) is 0 Å². The number of rotatable bonds is 17. The van der Waals surface area contributed by atoms with Crippen LogP contribution in [0.4, 0.5) is 0 Å². The molecule has 2 aliphatic rings. The van der Waals surface area contributed by atoms with Crippen molar-refractivity contribution in [3.8, 4) is 0 Å². The second-order valence-corrected chi connectivity index (χ2v) is 13.4. The van der Waals surface area contributed by atoms with Crippen molar-refractivity contribution in [1.29, 1.82) is 0 Å². The highest BCUT2D eigenvalue weighted by Gasteiger charge is 2.45. The van der Waals surface area contributed by atoms with Crippen LogP contribution in [0, 0.1) is 0 Å². The molecule has 0 spiro atoms. The van der Waals surface area contributed by atoms with Crippen molar-refractivity contribution in [3.63, 3.8) is 0 Å². The Balaban J connectivity index is 1.17. The normalized spacial score (nSPS) is 22.8. The van der Waals surface area contributed by atoms with Gasteiger partial charge in [-0.15, -0.1) is 0 Å². The molecule has 0 unspecified atom stereocenters. The van der Waals surface area contributed by atoms with Crippen molar-refractivity contribution in [2.45, 2.75) is 76.1 Å². The topological polar surface area (TPSA) is 64.6 Å². The van der Waals surface area contributed by atoms with Gasteiger partial charge >= 0.3 is 0 Å². The van der Waals surface area contributed by atoms with Gasteiger partial charge in [0.15, 0.2) is 6.10 Å². The first-order valence-corrected chi connectivity index (χ1v) is 18.5. The van der Waals surface area contributed by atoms with Crippen molar-refractivity contribution in [2.24, 2.45) is 0 Å². The van der Waals surface area contributed by atoms with Crippen LogP contribution in [-0.4, -0.2) is 49.8 Å². The molecule has 0 bridgehead atoms. The highest BCUT2D eigenvalue weighted by molar-refractivity contribution is 5.20. The molecular weight excluding hydrogens is 664 g/mol. The summed E-state index contributed by atoms with van der Waals surface area (Å²) in [6.07, 6.45) is 0.0843. The van der Waals surface area contributed by atoms with Gasteiger partial charge in [-0.05, 0) is 40.3 Å².